The Hall–Kier alpha value is -2.87. The Labute approximate surface area is 171 Å². The summed E-state index contributed by atoms with van der Waals surface area (Å²) in [4.78, 5) is 29.1. The minimum absolute atomic E-state index is 0.0197. The standard InChI is InChI=1S/C21H29N5O3/c1-25(2)13-19(27)26-14-21(15-26,12-16-5-4-6-18(11-16)29-3)20(28)22-9-7-17-8-10-23-24-17/h4-6,8,10-11H,7,9,12-15H2,1-3H3,(H,22,28)(H,23,24). The van der Waals surface area contributed by atoms with E-state index in [0.29, 0.717) is 39.0 Å². The third-order valence-corrected chi connectivity index (χ3v) is 5.19. The number of hydrogen-bond donors (Lipinski definition) is 2. The molecule has 1 saturated heterocycles. The zero-order valence-corrected chi connectivity index (χ0v) is 17.3. The zero-order valence-electron chi connectivity index (χ0n) is 17.3. The largest absolute Gasteiger partial charge is 0.497 e. The minimum atomic E-state index is -0.623. The molecule has 1 aliphatic heterocycles. The van der Waals surface area contributed by atoms with Crippen LogP contribution in [0.4, 0.5) is 0 Å². The molecule has 0 unspecified atom stereocenters. The molecule has 2 N–H and O–H groups in total. The number of rotatable bonds is 9. The Kier molecular flexibility index (Phi) is 6.53. The van der Waals surface area contributed by atoms with Crippen LogP contribution in [0.25, 0.3) is 0 Å². The number of aromatic nitrogens is 2. The zero-order chi connectivity index (χ0) is 20.9. The van der Waals surface area contributed by atoms with E-state index in [1.807, 2.05) is 49.3 Å². The molecular formula is C21H29N5O3. The molecule has 8 nitrogen and oxygen atoms in total. The van der Waals surface area contributed by atoms with Gasteiger partial charge < -0.3 is 19.9 Å². The van der Waals surface area contributed by atoms with E-state index >= 15 is 0 Å². The second-order valence-electron chi connectivity index (χ2n) is 7.88. The number of nitrogens with one attached hydrogen (secondary N) is 2. The van der Waals surface area contributed by atoms with Crippen LogP contribution >= 0.6 is 0 Å². The Morgan fingerprint density at radius 2 is 2.10 bits per heavy atom. The summed E-state index contributed by atoms with van der Waals surface area (Å²) in [7, 11) is 5.36. The van der Waals surface area contributed by atoms with E-state index in [9.17, 15) is 9.59 Å². The number of ether oxygens (including phenoxy) is 1. The van der Waals surface area contributed by atoms with Crippen molar-refractivity contribution in [3.63, 3.8) is 0 Å². The number of amides is 2. The fourth-order valence-corrected chi connectivity index (χ4v) is 3.66. The van der Waals surface area contributed by atoms with Gasteiger partial charge in [-0.2, -0.15) is 5.10 Å². The smallest absolute Gasteiger partial charge is 0.236 e. The molecule has 0 aliphatic carbocycles. The lowest BCUT2D eigenvalue weighted by molar-refractivity contribution is -0.153. The molecule has 0 bridgehead atoms. The highest BCUT2D eigenvalue weighted by atomic mass is 16.5. The van der Waals surface area contributed by atoms with Crippen molar-refractivity contribution in [2.24, 2.45) is 5.41 Å². The molecule has 0 spiro atoms. The van der Waals surface area contributed by atoms with Crippen molar-refractivity contribution < 1.29 is 14.3 Å². The summed E-state index contributed by atoms with van der Waals surface area (Å²) in [6.45, 7) is 1.71. The highest BCUT2D eigenvalue weighted by Gasteiger charge is 2.50. The SMILES string of the molecule is COc1cccc(CC2(C(=O)NCCc3ccn[nH]3)CN(C(=O)CN(C)C)C2)c1. The van der Waals surface area contributed by atoms with Gasteiger partial charge in [0.05, 0.1) is 19.1 Å². The van der Waals surface area contributed by atoms with Crippen LogP contribution in [0.1, 0.15) is 11.3 Å². The summed E-state index contributed by atoms with van der Waals surface area (Å²) in [5.41, 5.74) is 1.37. The van der Waals surface area contributed by atoms with E-state index in [1.165, 1.54) is 0 Å². The molecule has 2 aromatic rings. The number of methoxy groups -OCH3 is 1. The van der Waals surface area contributed by atoms with Gasteiger partial charge in [-0.3, -0.25) is 14.7 Å². The second-order valence-corrected chi connectivity index (χ2v) is 7.88. The first-order valence-corrected chi connectivity index (χ1v) is 9.74. The van der Waals surface area contributed by atoms with Crippen molar-refractivity contribution in [1.82, 2.24) is 25.3 Å². The van der Waals surface area contributed by atoms with E-state index < -0.39 is 5.41 Å². The molecule has 29 heavy (non-hydrogen) atoms. The maximum Gasteiger partial charge on any atom is 0.236 e. The van der Waals surface area contributed by atoms with Crippen LogP contribution in [-0.2, 0) is 22.4 Å². The van der Waals surface area contributed by atoms with Crippen molar-refractivity contribution in [2.45, 2.75) is 12.8 Å². The molecule has 1 aromatic carbocycles. The Morgan fingerprint density at radius 3 is 2.76 bits per heavy atom. The molecule has 3 rings (SSSR count). The van der Waals surface area contributed by atoms with E-state index in [0.717, 1.165) is 17.0 Å². The fourth-order valence-electron chi connectivity index (χ4n) is 3.66. The van der Waals surface area contributed by atoms with Crippen LogP contribution in [0.5, 0.6) is 5.75 Å². The van der Waals surface area contributed by atoms with Gasteiger partial charge in [0.2, 0.25) is 11.8 Å². The number of likely N-dealkylation sites (tertiary alicyclic amines) is 1. The first kappa shape index (κ1) is 20.9. The summed E-state index contributed by atoms with van der Waals surface area (Å²) in [6.07, 6.45) is 2.94. The number of carbonyl (C=O) groups excluding carboxylic acids is 2. The van der Waals surface area contributed by atoms with Crippen LogP contribution in [0.15, 0.2) is 36.5 Å². The highest BCUT2D eigenvalue weighted by Crippen LogP contribution is 2.35. The lowest BCUT2D eigenvalue weighted by atomic mass is 9.73. The van der Waals surface area contributed by atoms with Crippen molar-refractivity contribution in [2.75, 3.05) is 47.4 Å². The topological polar surface area (TPSA) is 90.6 Å². The van der Waals surface area contributed by atoms with Crippen molar-refractivity contribution in [1.29, 1.82) is 0 Å². The summed E-state index contributed by atoms with van der Waals surface area (Å²) in [5, 5.41) is 9.87. The Balaban J connectivity index is 1.67. The van der Waals surface area contributed by atoms with Crippen LogP contribution < -0.4 is 10.1 Å². The molecule has 8 heteroatoms. The van der Waals surface area contributed by atoms with Crippen LogP contribution in [0.2, 0.25) is 0 Å². The van der Waals surface area contributed by atoms with E-state index in [1.54, 1.807) is 18.2 Å². The van der Waals surface area contributed by atoms with Gasteiger partial charge in [0, 0.05) is 37.9 Å². The number of hydrogen-bond acceptors (Lipinski definition) is 5. The average molecular weight is 399 g/mol. The van der Waals surface area contributed by atoms with Crippen molar-refractivity contribution in [3.8, 4) is 5.75 Å². The Bertz CT molecular complexity index is 829. The summed E-state index contributed by atoms with van der Waals surface area (Å²) in [6, 6.07) is 9.64. The predicted molar refractivity (Wildman–Crippen MR) is 110 cm³/mol. The van der Waals surface area contributed by atoms with Gasteiger partial charge in [0.15, 0.2) is 0 Å². The summed E-state index contributed by atoms with van der Waals surface area (Å²) >= 11 is 0. The molecule has 1 aromatic heterocycles. The third-order valence-electron chi connectivity index (χ3n) is 5.19. The Morgan fingerprint density at radius 1 is 1.31 bits per heavy atom. The summed E-state index contributed by atoms with van der Waals surface area (Å²) in [5.74, 6) is 0.785. The molecule has 0 atom stereocenters. The monoisotopic (exact) mass is 399 g/mol. The van der Waals surface area contributed by atoms with E-state index in [4.69, 9.17) is 4.74 Å². The molecular weight excluding hydrogens is 370 g/mol. The maximum absolute atomic E-state index is 13.1. The lowest BCUT2D eigenvalue weighted by Gasteiger charge is -2.49. The first-order valence-electron chi connectivity index (χ1n) is 9.74. The van der Waals surface area contributed by atoms with Crippen LogP contribution in [0, 0.1) is 5.41 Å². The van der Waals surface area contributed by atoms with Crippen molar-refractivity contribution in [3.05, 3.63) is 47.8 Å². The van der Waals surface area contributed by atoms with Gasteiger partial charge in [0.1, 0.15) is 5.75 Å². The molecule has 156 valence electrons. The quantitative estimate of drug-likeness (QED) is 0.648. The fraction of sp³-hybridized carbons (Fsp3) is 0.476. The van der Waals surface area contributed by atoms with Gasteiger partial charge in [-0.1, -0.05) is 12.1 Å². The van der Waals surface area contributed by atoms with Gasteiger partial charge in [-0.15, -0.1) is 0 Å². The van der Waals surface area contributed by atoms with E-state index in [-0.39, 0.29) is 11.8 Å². The third kappa shape index (κ3) is 5.14. The average Bonchev–Trinajstić information content (AvgIpc) is 3.17. The number of likely N-dealkylation sites (N-methyl/N-ethyl adjacent to an activating group) is 1. The highest BCUT2D eigenvalue weighted by molar-refractivity contribution is 5.88. The van der Waals surface area contributed by atoms with E-state index in [2.05, 4.69) is 15.5 Å². The van der Waals surface area contributed by atoms with Crippen LogP contribution in [-0.4, -0.2) is 79.2 Å². The second kappa shape index (κ2) is 9.09. The number of aromatic amines is 1. The minimum Gasteiger partial charge on any atom is -0.497 e. The number of carbonyl (C=O) groups is 2. The van der Waals surface area contributed by atoms with Gasteiger partial charge in [-0.25, -0.2) is 0 Å². The summed E-state index contributed by atoms with van der Waals surface area (Å²) < 4.78 is 5.31. The number of H-pyrrole nitrogens is 1. The molecule has 0 saturated carbocycles. The molecule has 1 aliphatic rings. The number of nitrogens with zero attached hydrogens (tertiary/aromatic N) is 3. The lowest BCUT2D eigenvalue weighted by Crippen LogP contribution is -2.66. The molecule has 1 fully saturated rings. The molecule has 2 heterocycles. The molecule has 2 amide bonds. The number of benzene rings is 1. The van der Waals surface area contributed by atoms with Gasteiger partial charge in [-0.05, 0) is 44.3 Å². The first-order chi connectivity index (χ1) is 13.9. The van der Waals surface area contributed by atoms with Crippen LogP contribution in [0.3, 0.4) is 0 Å². The van der Waals surface area contributed by atoms with Gasteiger partial charge >= 0.3 is 0 Å². The maximum atomic E-state index is 13.1. The normalized spacial score (nSPS) is 15.1. The van der Waals surface area contributed by atoms with Crippen molar-refractivity contribution >= 4 is 11.8 Å². The predicted octanol–water partition coefficient (Wildman–Crippen LogP) is 0.710. The van der Waals surface area contributed by atoms with Gasteiger partial charge in [0.25, 0.3) is 0 Å². The molecule has 0 radical (unpaired) electrons.